The van der Waals surface area contributed by atoms with Crippen molar-refractivity contribution >= 4 is 17.8 Å². The molecule has 2 fully saturated rings. The number of nitrogens with zero attached hydrogens (tertiary/aromatic N) is 1. The molecule has 0 radical (unpaired) electrons. The third kappa shape index (κ3) is 7.30. The standard InChI is InChI=1S/C19H31N3O5/c1-27-13-16(11-18(24)25)21-19(26)15-3-2-10-22(12-15)17(23)5-4-14-6-8-20-9-7-14/h4-5,14-16,20H,2-3,6-13H2,1H3,(H,21,26)(H,24,25)/b5-4+/t15-,16?/m1/s1. The number of hydrogen-bond acceptors (Lipinski definition) is 5. The molecule has 8 nitrogen and oxygen atoms in total. The molecular weight excluding hydrogens is 350 g/mol. The summed E-state index contributed by atoms with van der Waals surface area (Å²) in [6, 6.07) is -0.564. The van der Waals surface area contributed by atoms with Crippen LogP contribution in [0.25, 0.3) is 0 Å². The van der Waals surface area contributed by atoms with Crippen molar-refractivity contribution in [3.05, 3.63) is 12.2 Å². The second-order valence-corrected chi connectivity index (χ2v) is 7.33. The highest BCUT2D eigenvalue weighted by Gasteiger charge is 2.29. The summed E-state index contributed by atoms with van der Waals surface area (Å²) >= 11 is 0. The summed E-state index contributed by atoms with van der Waals surface area (Å²) in [5, 5.41) is 15.0. The van der Waals surface area contributed by atoms with Gasteiger partial charge in [-0.3, -0.25) is 14.4 Å². The third-order valence-corrected chi connectivity index (χ3v) is 5.13. The lowest BCUT2D eigenvalue weighted by atomic mass is 9.95. The molecule has 0 bridgehead atoms. The molecule has 0 aromatic heterocycles. The number of amides is 2. The van der Waals surface area contributed by atoms with Gasteiger partial charge >= 0.3 is 5.97 Å². The van der Waals surface area contributed by atoms with E-state index in [-0.39, 0.29) is 30.8 Å². The van der Waals surface area contributed by atoms with Gasteiger partial charge in [0.15, 0.2) is 0 Å². The zero-order valence-corrected chi connectivity index (χ0v) is 16.0. The van der Waals surface area contributed by atoms with E-state index < -0.39 is 12.0 Å². The number of carbonyl (C=O) groups excluding carboxylic acids is 2. The number of carboxylic acids is 1. The fourth-order valence-corrected chi connectivity index (χ4v) is 3.63. The molecule has 2 aliphatic heterocycles. The molecule has 2 amide bonds. The number of allylic oxidation sites excluding steroid dienone is 1. The number of methoxy groups -OCH3 is 1. The number of ether oxygens (including phenoxy) is 1. The van der Waals surface area contributed by atoms with Gasteiger partial charge in [-0.1, -0.05) is 6.08 Å². The Bertz CT molecular complexity index is 545. The van der Waals surface area contributed by atoms with Gasteiger partial charge in [-0.25, -0.2) is 0 Å². The fourth-order valence-electron chi connectivity index (χ4n) is 3.63. The number of rotatable bonds is 8. The van der Waals surface area contributed by atoms with Gasteiger partial charge in [0.05, 0.1) is 25.0 Å². The first kappa shape index (κ1) is 21.4. The molecule has 3 N–H and O–H groups in total. The van der Waals surface area contributed by atoms with E-state index in [9.17, 15) is 14.4 Å². The molecule has 2 atom stereocenters. The van der Waals surface area contributed by atoms with Crippen LogP contribution in [0.15, 0.2) is 12.2 Å². The van der Waals surface area contributed by atoms with Crippen molar-refractivity contribution in [1.82, 2.24) is 15.5 Å². The molecule has 27 heavy (non-hydrogen) atoms. The Morgan fingerprint density at radius 3 is 2.70 bits per heavy atom. The molecule has 0 aromatic carbocycles. The lowest BCUT2D eigenvalue weighted by Gasteiger charge is -2.32. The minimum absolute atomic E-state index is 0.0509. The first-order chi connectivity index (χ1) is 13.0. The van der Waals surface area contributed by atoms with Gasteiger partial charge in [-0.05, 0) is 50.8 Å². The number of piperidine rings is 2. The Morgan fingerprint density at radius 1 is 1.30 bits per heavy atom. The number of carbonyl (C=O) groups is 3. The highest BCUT2D eigenvalue weighted by molar-refractivity contribution is 5.88. The monoisotopic (exact) mass is 381 g/mol. The van der Waals surface area contributed by atoms with Crippen LogP contribution in [-0.2, 0) is 19.1 Å². The molecule has 2 heterocycles. The maximum Gasteiger partial charge on any atom is 0.305 e. The molecule has 1 unspecified atom stereocenters. The molecular formula is C19H31N3O5. The first-order valence-corrected chi connectivity index (χ1v) is 9.68. The van der Waals surface area contributed by atoms with Crippen molar-refractivity contribution in [1.29, 1.82) is 0 Å². The van der Waals surface area contributed by atoms with Crippen molar-refractivity contribution in [3.63, 3.8) is 0 Å². The normalized spacial score (nSPS) is 22.6. The van der Waals surface area contributed by atoms with Crippen molar-refractivity contribution in [3.8, 4) is 0 Å². The fraction of sp³-hybridized carbons (Fsp3) is 0.737. The summed E-state index contributed by atoms with van der Waals surface area (Å²) in [6.45, 7) is 3.12. The summed E-state index contributed by atoms with van der Waals surface area (Å²) in [7, 11) is 1.47. The molecule has 152 valence electrons. The summed E-state index contributed by atoms with van der Waals surface area (Å²) < 4.78 is 4.99. The van der Waals surface area contributed by atoms with Gasteiger partial charge in [0, 0.05) is 20.2 Å². The average molecular weight is 381 g/mol. The predicted octanol–water partition coefficient (Wildman–Crippen LogP) is 0.387. The number of nitrogens with one attached hydrogen (secondary N) is 2. The molecule has 0 spiro atoms. The van der Waals surface area contributed by atoms with Crippen molar-refractivity contribution < 1.29 is 24.2 Å². The van der Waals surface area contributed by atoms with E-state index in [0.29, 0.717) is 25.4 Å². The zero-order valence-electron chi connectivity index (χ0n) is 16.0. The van der Waals surface area contributed by atoms with E-state index in [0.717, 1.165) is 32.4 Å². The molecule has 8 heteroatoms. The highest BCUT2D eigenvalue weighted by Crippen LogP contribution is 2.18. The Labute approximate surface area is 160 Å². The van der Waals surface area contributed by atoms with E-state index >= 15 is 0 Å². The number of likely N-dealkylation sites (tertiary alicyclic amines) is 1. The van der Waals surface area contributed by atoms with E-state index in [1.165, 1.54) is 7.11 Å². The Balaban J connectivity index is 1.85. The maximum atomic E-state index is 12.5. The van der Waals surface area contributed by atoms with Gasteiger partial charge in [-0.15, -0.1) is 0 Å². The molecule has 0 aliphatic carbocycles. The van der Waals surface area contributed by atoms with Crippen LogP contribution in [0.4, 0.5) is 0 Å². The second-order valence-electron chi connectivity index (χ2n) is 7.33. The van der Waals surface area contributed by atoms with Gasteiger partial charge in [0.25, 0.3) is 0 Å². The summed E-state index contributed by atoms with van der Waals surface area (Å²) in [5.41, 5.74) is 0. The van der Waals surface area contributed by atoms with Crippen LogP contribution in [0, 0.1) is 11.8 Å². The molecule has 0 saturated carbocycles. The van der Waals surface area contributed by atoms with Crippen molar-refractivity contribution in [2.24, 2.45) is 11.8 Å². The van der Waals surface area contributed by atoms with Crippen LogP contribution in [0.3, 0.4) is 0 Å². The second kappa shape index (κ2) is 11.0. The van der Waals surface area contributed by atoms with Crippen LogP contribution < -0.4 is 10.6 Å². The average Bonchev–Trinajstić information content (AvgIpc) is 2.66. The van der Waals surface area contributed by atoms with Gasteiger partial charge < -0.3 is 25.4 Å². The van der Waals surface area contributed by atoms with Gasteiger partial charge in [0.2, 0.25) is 11.8 Å². The third-order valence-electron chi connectivity index (χ3n) is 5.13. The molecule has 2 aliphatic rings. The Morgan fingerprint density at radius 2 is 2.04 bits per heavy atom. The SMILES string of the molecule is COCC(CC(=O)O)NC(=O)[C@@H]1CCCN(C(=O)/C=C/C2CCNCC2)C1. The molecule has 2 rings (SSSR count). The van der Waals surface area contributed by atoms with E-state index in [2.05, 4.69) is 10.6 Å². The van der Waals surface area contributed by atoms with Gasteiger partial charge in [-0.2, -0.15) is 0 Å². The minimum atomic E-state index is -0.985. The smallest absolute Gasteiger partial charge is 0.305 e. The van der Waals surface area contributed by atoms with Crippen LogP contribution in [-0.4, -0.2) is 73.7 Å². The number of hydrogen-bond donors (Lipinski definition) is 3. The Hall–Kier alpha value is -1.93. The predicted molar refractivity (Wildman–Crippen MR) is 100 cm³/mol. The van der Waals surface area contributed by atoms with Crippen LogP contribution in [0.2, 0.25) is 0 Å². The van der Waals surface area contributed by atoms with Crippen LogP contribution >= 0.6 is 0 Å². The first-order valence-electron chi connectivity index (χ1n) is 9.68. The van der Waals surface area contributed by atoms with E-state index in [1.54, 1.807) is 11.0 Å². The van der Waals surface area contributed by atoms with Crippen molar-refractivity contribution in [2.45, 2.75) is 38.1 Å². The topological polar surface area (TPSA) is 108 Å². The highest BCUT2D eigenvalue weighted by atomic mass is 16.5. The van der Waals surface area contributed by atoms with Crippen LogP contribution in [0.5, 0.6) is 0 Å². The number of carboxylic acid groups (broad SMARTS) is 1. The molecule has 2 saturated heterocycles. The zero-order chi connectivity index (χ0) is 19.6. The summed E-state index contributed by atoms with van der Waals surface area (Å²) in [4.78, 5) is 37.6. The quantitative estimate of drug-likeness (QED) is 0.525. The molecule has 0 aromatic rings. The largest absolute Gasteiger partial charge is 0.481 e. The van der Waals surface area contributed by atoms with E-state index in [1.807, 2.05) is 6.08 Å². The Kier molecular flexibility index (Phi) is 8.74. The van der Waals surface area contributed by atoms with Crippen LogP contribution in [0.1, 0.15) is 32.1 Å². The minimum Gasteiger partial charge on any atom is -0.481 e. The van der Waals surface area contributed by atoms with Gasteiger partial charge in [0.1, 0.15) is 0 Å². The summed E-state index contributed by atoms with van der Waals surface area (Å²) in [5.74, 6) is -1.13. The lowest BCUT2D eigenvalue weighted by molar-refractivity contribution is -0.138. The lowest BCUT2D eigenvalue weighted by Crippen LogP contribution is -2.48. The van der Waals surface area contributed by atoms with Crippen molar-refractivity contribution in [2.75, 3.05) is 39.9 Å². The number of aliphatic carboxylic acids is 1. The maximum absolute atomic E-state index is 12.5. The summed E-state index contributed by atoms with van der Waals surface area (Å²) in [6.07, 6.45) is 6.99. The van der Waals surface area contributed by atoms with E-state index in [4.69, 9.17) is 9.84 Å².